The molecule has 0 aliphatic rings. The van der Waals surface area contributed by atoms with E-state index in [4.69, 9.17) is 9.47 Å². The molecule has 0 bridgehead atoms. The minimum atomic E-state index is -4.43. The highest BCUT2D eigenvalue weighted by Gasteiger charge is 2.30. The molecule has 0 aliphatic carbocycles. The third-order valence-electron chi connectivity index (χ3n) is 4.09. The number of methoxy groups -OCH3 is 2. The van der Waals surface area contributed by atoms with Gasteiger partial charge in [0.1, 0.15) is 40.2 Å². The summed E-state index contributed by atoms with van der Waals surface area (Å²) in [7, 11) is -1.50. The van der Waals surface area contributed by atoms with Crippen molar-refractivity contribution in [3.05, 3.63) is 72.2 Å². The van der Waals surface area contributed by atoms with E-state index in [0.717, 1.165) is 16.4 Å². The van der Waals surface area contributed by atoms with Gasteiger partial charge in [0.15, 0.2) is 0 Å². The van der Waals surface area contributed by atoms with E-state index in [0.29, 0.717) is 23.1 Å². The second-order valence-corrected chi connectivity index (χ2v) is 7.66. The number of hydrogen-bond donors (Lipinski definition) is 0. The fourth-order valence-corrected chi connectivity index (χ4v) is 4.11. The van der Waals surface area contributed by atoms with Crippen LogP contribution in [0.2, 0.25) is 0 Å². The lowest BCUT2D eigenvalue weighted by Gasteiger charge is -2.24. The Morgan fingerprint density at radius 1 is 1.03 bits per heavy atom. The highest BCUT2D eigenvalue weighted by molar-refractivity contribution is 7.92. The quantitative estimate of drug-likeness (QED) is 0.583. The maximum Gasteiger partial charge on any atom is 0.268 e. The molecule has 1 aromatic heterocycles. The Kier molecular flexibility index (Phi) is 5.92. The number of nitrogens with zero attached hydrogens (tertiary/aromatic N) is 3. The zero-order chi connectivity index (χ0) is 21.0. The van der Waals surface area contributed by atoms with Crippen LogP contribution >= 0.6 is 0 Å². The summed E-state index contributed by atoms with van der Waals surface area (Å²) in [5.41, 5.74) is 0.484. The molecular weight excluding hydrogens is 404 g/mol. The molecule has 2 aromatic carbocycles. The second-order valence-electron chi connectivity index (χ2n) is 5.83. The maximum atomic E-state index is 14.3. The topological polar surface area (TPSA) is 81.6 Å². The minimum absolute atomic E-state index is 0.0154. The molecule has 10 heteroatoms. The van der Waals surface area contributed by atoms with Crippen molar-refractivity contribution in [3.63, 3.8) is 0 Å². The van der Waals surface area contributed by atoms with Gasteiger partial charge >= 0.3 is 0 Å². The summed E-state index contributed by atoms with van der Waals surface area (Å²) in [5.74, 6) is -1.18. The first kappa shape index (κ1) is 20.5. The van der Waals surface area contributed by atoms with Crippen LogP contribution < -0.4 is 13.8 Å². The summed E-state index contributed by atoms with van der Waals surface area (Å²) in [6.45, 7) is -0.219. The smallest absolute Gasteiger partial charge is 0.268 e. The summed E-state index contributed by atoms with van der Waals surface area (Å²) < 4.78 is 65.4. The maximum absolute atomic E-state index is 14.3. The molecule has 0 fully saturated rings. The molecule has 0 radical (unpaired) electrons. The zero-order valence-electron chi connectivity index (χ0n) is 15.5. The van der Waals surface area contributed by atoms with Gasteiger partial charge in [-0.2, -0.15) is 0 Å². The number of halogens is 2. The number of ether oxygens (including phenoxy) is 2. The lowest BCUT2D eigenvalue weighted by atomic mass is 10.2. The monoisotopic (exact) mass is 421 g/mol. The largest absolute Gasteiger partial charge is 0.497 e. The molecule has 0 unspecified atom stereocenters. The standard InChI is InChI=1S/C19H17F2N3O4S/c1-27-15-5-3-13(17(10-15)28-2)11-24(19-7-8-22-12-23-19)29(25,26)18-6-4-14(20)9-16(18)21/h3-10,12H,11H2,1-2H3. The highest BCUT2D eigenvalue weighted by Crippen LogP contribution is 2.30. The molecule has 0 atom stereocenters. The Morgan fingerprint density at radius 2 is 1.83 bits per heavy atom. The predicted octanol–water partition coefficient (Wildman–Crippen LogP) is 3.17. The molecule has 0 spiro atoms. The third kappa shape index (κ3) is 4.27. The average molecular weight is 421 g/mol. The Hall–Kier alpha value is -3.27. The molecule has 0 amide bonds. The van der Waals surface area contributed by atoms with E-state index in [2.05, 4.69) is 9.97 Å². The van der Waals surface area contributed by atoms with Gasteiger partial charge in [-0.3, -0.25) is 0 Å². The molecule has 1 heterocycles. The van der Waals surface area contributed by atoms with Crippen LogP contribution in [0.3, 0.4) is 0 Å². The molecule has 152 valence electrons. The highest BCUT2D eigenvalue weighted by atomic mass is 32.2. The number of sulfonamides is 1. The Balaban J connectivity index is 2.12. The van der Waals surface area contributed by atoms with Crippen LogP contribution in [0.5, 0.6) is 11.5 Å². The van der Waals surface area contributed by atoms with E-state index in [1.54, 1.807) is 18.2 Å². The van der Waals surface area contributed by atoms with Crippen molar-refractivity contribution in [1.82, 2.24) is 9.97 Å². The van der Waals surface area contributed by atoms with Crippen molar-refractivity contribution in [2.45, 2.75) is 11.4 Å². The second kappa shape index (κ2) is 8.39. The Labute approximate surface area is 166 Å². The predicted molar refractivity (Wildman–Crippen MR) is 101 cm³/mol. The summed E-state index contributed by atoms with van der Waals surface area (Å²) >= 11 is 0. The Bertz CT molecular complexity index is 1110. The zero-order valence-corrected chi connectivity index (χ0v) is 16.4. The van der Waals surface area contributed by atoms with Crippen LogP contribution in [0.4, 0.5) is 14.6 Å². The molecule has 3 rings (SSSR count). The normalized spacial score (nSPS) is 11.2. The average Bonchev–Trinajstić information content (AvgIpc) is 2.72. The van der Waals surface area contributed by atoms with Gasteiger partial charge in [-0.25, -0.2) is 31.5 Å². The first-order valence-corrected chi connectivity index (χ1v) is 9.75. The summed E-state index contributed by atoms with van der Waals surface area (Å²) in [4.78, 5) is 7.08. The lowest BCUT2D eigenvalue weighted by Crippen LogP contribution is -2.32. The van der Waals surface area contributed by atoms with Crippen molar-refractivity contribution in [1.29, 1.82) is 0 Å². The van der Waals surface area contributed by atoms with Gasteiger partial charge in [0.2, 0.25) is 0 Å². The van der Waals surface area contributed by atoms with E-state index >= 15 is 0 Å². The van der Waals surface area contributed by atoms with Gasteiger partial charge in [-0.1, -0.05) is 0 Å². The van der Waals surface area contributed by atoms with Crippen LogP contribution in [0.25, 0.3) is 0 Å². The number of benzene rings is 2. The fraction of sp³-hybridized carbons (Fsp3) is 0.158. The number of anilines is 1. The van der Waals surface area contributed by atoms with Crippen LogP contribution in [0.1, 0.15) is 5.56 Å². The number of rotatable bonds is 7. The van der Waals surface area contributed by atoms with Crippen molar-refractivity contribution in [2.24, 2.45) is 0 Å². The minimum Gasteiger partial charge on any atom is -0.497 e. The van der Waals surface area contributed by atoms with Gasteiger partial charge in [0.05, 0.1) is 20.8 Å². The first-order chi connectivity index (χ1) is 13.9. The van der Waals surface area contributed by atoms with Gasteiger partial charge in [-0.15, -0.1) is 0 Å². The molecular formula is C19H17F2N3O4S. The SMILES string of the molecule is COc1ccc(CN(c2ccncn2)S(=O)(=O)c2ccc(F)cc2F)c(OC)c1. The summed E-state index contributed by atoms with van der Waals surface area (Å²) in [5, 5.41) is 0. The van der Waals surface area contributed by atoms with Crippen LogP contribution in [-0.2, 0) is 16.6 Å². The summed E-state index contributed by atoms with van der Waals surface area (Å²) in [6.07, 6.45) is 2.53. The molecule has 29 heavy (non-hydrogen) atoms. The van der Waals surface area contributed by atoms with Crippen molar-refractivity contribution in [3.8, 4) is 11.5 Å². The van der Waals surface area contributed by atoms with Crippen molar-refractivity contribution < 1.29 is 26.7 Å². The van der Waals surface area contributed by atoms with Crippen LogP contribution in [0, 0.1) is 11.6 Å². The van der Waals surface area contributed by atoms with Gasteiger partial charge in [0, 0.05) is 30.0 Å². The van der Waals surface area contributed by atoms with E-state index in [9.17, 15) is 17.2 Å². The van der Waals surface area contributed by atoms with E-state index < -0.39 is 26.6 Å². The van der Waals surface area contributed by atoms with E-state index in [-0.39, 0.29) is 12.4 Å². The van der Waals surface area contributed by atoms with Crippen molar-refractivity contribution >= 4 is 15.8 Å². The third-order valence-corrected chi connectivity index (χ3v) is 5.88. The molecule has 0 saturated carbocycles. The van der Waals surface area contributed by atoms with Gasteiger partial charge < -0.3 is 9.47 Å². The van der Waals surface area contributed by atoms with Crippen LogP contribution in [0.15, 0.2) is 59.9 Å². The fourth-order valence-electron chi connectivity index (χ4n) is 2.66. The Morgan fingerprint density at radius 3 is 2.45 bits per heavy atom. The van der Waals surface area contributed by atoms with Crippen molar-refractivity contribution in [2.75, 3.05) is 18.5 Å². The molecule has 0 saturated heterocycles. The van der Waals surface area contributed by atoms with Crippen LogP contribution in [-0.4, -0.2) is 32.6 Å². The summed E-state index contributed by atoms with van der Waals surface area (Å²) in [6, 6.07) is 8.50. The van der Waals surface area contributed by atoms with E-state index in [1.165, 1.54) is 32.8 Å². The number of aromatic nitrogens is 2. The van der Waals surface area contributed by atoms with Gasteiger partial charge in [-0.05, 0) is 24.3 Å². The first-order valence-electron chi connectivity index (χ1n) is 8.31. The number of hydrogen-bond acceptors (Lipinski definition) is 6. The lowest BCUT2D eigenvalue weighted by molar-refractivity contribution is 0.391. The molecule has 7 nitrogen and oxygen atoms in total. The van der Waals surface area contributed by atoms with E-state index in [1.807, 2.05) is 0 Å². The molecule has 3 aromatic rings. The molecule has 0 aliphatic heterocycles. The molecule has 0 N–H and O–H groups in total. The van der Waals surface area contributed by atoms with Gasteiger partial charge in [0.25, 0.3) is 10.0 Å².